The van der Waals surface area contributed by atoms with Crippen LogP contribution in [-0.2, 0) is 28.7 Å². The maximum absolute atomic E-state index is 13.5. The molecule has 1 amide bonds. The Morgan fingerprint density at radius 1 is 1.00 bits per heavy atom. The standard InChI is InChI=1S/C25H20F3NO4S/c26-25(27,28)19-6-2-1-5-17(19)14-29-20-7-3-4-8-21(20)34-22(24(29)32)13-16-9-11-18(12-10-16)33-15-23(30)31/h1-12,22H,13-15H2,(H,30,31). The third kappa shape index (κ3) is 5.36. The molecule has 176 valence electrons. The van der Waals surface area contributed by atoms with E-state index in [1.54, 1.807) is 36.4 Å². The zero-order valence-corrected chi connectivity index (χ0v) is 18.6. The van der Waals surface area contributed by atoms with Crippen molar-refractivity contribution >= 4 is 29.3 Å². The van der Waals surface area contributed by atoms with Crippen LogP contribution in [0.25, 0.3) is 0 Å². The zero-order chi connectivity index (χ0) is 24.3. The first-order valence-electron chi connectivity index (χ1n) is 10.4. The van der Waals surface area contributed by atoms with Gasteiger partial charge in [-0.15, -0.1) is 11.8 Å². The number of carbonyl (C=O) groups is 2. The molecule has 1 aliphatic heterocycles. The van der Waals surface area contributed by atoms with Gasteiger partial charge in [0.25, 0.3) is 0 Å². The Hall–Kier alpha value is -3.46. The third-order valence-corrected chi connectivity index (χ3v) is 6.58. The monoisotopic (exact) mass is 487 g/mol. The van der Waals surface area contributed by atoms with Gasteiger partial charge in [-0.25, -0.2) is 4.79 Å². The molecule has 0 aromatic heterocycles. The highest BCUT2D eigenvalue weighted by Crippen LogP contribution is 2.42. The number of thioether (sulfide) groups is 1. The average Bonchev–Trinajstić information content (AvgIpc) is 2.81. The van der Waals surface area contributed by atoms with Crippen molar-refractivity contribution in [1.82, 2.24) is 0 Å². The van der Waals surface area contributed by atoms with Crippen LogP contribution in [0.2, 0.25) is 0 Å². The summed E-state index contributed by atoms with van der Waals surface area (Å²) in [6.45, 7) is -0.647. The van der Waals surface area contributed by atoms with Crippen molar-refractivity contribution in [3.63, 3.8) is 0 Å². The molecule has 0 aliphatic carbocycles. The molecule has 0 spiro atoms. The Balaban J connectivity index is 1.58. The number of amides is 1. The summed E-state index contributed by atoms with van der Waals surface area (Å²) < 4.78 is 45.8. The van der Waals surface area contributed by atoms with Crippen LogP contribution >= 0.6 is 11.8 Å². The largest absolute Gasteiger partial charge is 0.482 e. The lowest BCUT2D eigenvalue weighted by Gasteiger charge is -2.34. The van der Waals surface area contributed by atoms with Gasteiger partial charge in [-0.1, -0.05) is 42.5 Å². The predicted molar refractivity (Wildman–Crippen MR) is 122 cm³/mol. The van der Waals surface area contributed by atoms with E-state index < -0.39 is 29.6 Å². The van der Waals surface area contributed by atoms with Gasteiger partial charge in [-0.3, -0.25) is 4.79 Å². The number of alkyl halides is 3. The molecule has 1 aliphatic rings. The van der Waals surface area contributed by atoms with Crippen LogP contribution in [0, 0.1) is 0 Å². The van der Waals surface area contributed by atoms with Gasteiger partial charge in [-0.2, -0.15) is 13.2 Å². The van der Waals surface area contributed by atoms with Gasteiger partial charge in [0.2, 0.25) is 5.91 Å². The highest BCUT2D eigenvalue weighted by Gasteiger charge is 2.37. The first-order valence-corrected chi connectivity index (χ1v) is 11.3. The summed E-state index contributed by atoms with van der Waals surface area (Å²) in [7, 11) is 0. The number of hydrogen-bond acceptors (Lipinski definition) is 4. The summed E-state index contributed by atoms with van der Waals surface area (Å²) in [6.07, 6.45) is -4.16. The number of para-hydroxylation sites is 1. The summed E-state index contributed by atoms with van der Waals surface area (Å²) in [4.78, 5) is 26.3. The molecule has 1 N–H and O–H groups in total. The molecular weight excluding hydrogens is 467 g/mol. The Bertz CT molecular complexity index is 1200. The lowest BCUT2D eigenvalue weighted by atomic mass is 10.0. The van der Waals surface area contributed by atoms with E-state index in [4.69, 9.17) is 9.84 Å². The molecule has 0 radical (unpaired) electrons. The summed E-state index contributed by atoms with van der Waals surface area (Å²) in [5.41, 5.74) is 0.683. The van der Waals surface area contributed by atoms with Gasteiger partial charge in [0.15, 0.2) is 6.61 Å². The Labute approximate surface area is 198 Å². The summed E-state index contributed by atoms with van der Waals surface area (Å²) in [5, 5.41) is 8.19. The van der Waals surface area contributed by atoms with E-state index in [-0.39, 0.29) is 18.0 Å². The van der Waals surface area contributed by atoms with Gasteiger partial charge in [0.1, 0.15) is 5.75 Å². The predicted octanol–water partition coefficient (Wildman–Crippen LogP) is 5.42. The number of nitrogens with zero attached hydrogens (tertiary/aromatic N) is 1. The van der Waals surface area contributed by atoms with Crippen molar-refractivity contribution in [2.24, 2.45) is 0 Å². The SMILES string of the molecule is O=C(O)COc1ccc(CC2Sc3ccccc3N(Cc3ccccc3C(F)(F)F)C2=O)cc1. The van der Waals surface area contributed by atoms with Crippen LogP contribution < -0.4 is 9.64 Å². The van der Waals surface area contributed by atoms with E-state index >= 15 is 0 Å². The number of anilines is 1. The van der Waals surface area contributed by atoms with E-state index in [9.17, 15) is 22.8 Å². The number of aliphatic carboxylic acids is 1. The smallest absolute Gasteiger partial charge is 0.416 e. The number of carbonyl (C=O) groups excluding carboxylic acids is 1. The lowest BCUT2D eigenvalue weighted by molar-refractivity contribution is -0.139. The molecule has 0 saturated carbocycles. The number of hydrogen-bond donors (Lipinski definition) is 1. The molecule has 1 unspecified atom stereocenters. The minimum Gasteiger partial charge on any atom is -0.482 e. The molecule has 1 atom stereocenters. The fraction of sp³-hybridized carbons (Fsp3) is 0.200. The highest BCUT2D eigenvalue weighted by molar-refractivity contribution is 8.01. The van der Waals surface area contributed by atoms with Crippen LogP contribution in [0.1, 0.15) is 16.7 Å². The van der Waals surface area contributed by atoms with Gasteiger partial charge >= 0.3 is 12.1 Å². The first-order chi connectivity index (χ1) is 16.2. The average molecular weight is 487 g/mol. The second-order valence-electron chi connectivity index (χ2n) is 7.68. The van der Waals surface area contributed by atoms with E-state index in [0.29, 0.717) is 17.9 Å². The summed E-state index contributed by atoms with van der Waals surface area (Å²) in [5.74, 6) is -0.962. The molecule has 5 nitrogen and oxygen atoms in total. The Kier molecular flexibility index (Phi) is 6.83. The molecular formula is C25H20F3NO4S. The van der Waals surface area contributed by atoms with E-state index in [1.807, 2.05) is 12.1 Å². The molecule has 3 aromatic carbocycles. The maximum Gasteiger partial charge on any atom is 0.416 e. The van der Waals surface area contributed by atoms with Gasteiger partial charge in [0, 0.05) is 4.90 Å². The number of halogens is 3. The number of ether oxygens (including phenoxy) is 1. The van der Waals surface area contributed by atoms with Gasteiger partial charge in [0.05, 0.1) is 23.0 Å². The summed E-state index contributed by atoms with van der Waals surface area (Å²) >= 11 is 1.38. The molecule has 34 heavy (non-hydrogen) atoms. The topological polar surface area (TPSA) is 66.8 Å². The molecule has 9 heteroatoms. The van der Waals surface area contributed by atoms with Crippen molar-refractivity contribution in [1.29, 1.82) is 0 Å². The van der Waals surface area contributed by atoms with Gasteiger partial charge < -0.3 is 14.7 Å². The van der Waals surface area contributed by atoms with Crippen molar-refractivity contribution in [2.45, 2.75) is 29.3 Å². The molecule has 4 rings (SSSR count). The van der Waals surface area contributed by atoms with E-state index in [0.717, 1.165) is 16.5 Å². The molecule has 1 heterocycles. The number of benzene rings is 3. The minimum atomic E-state index is -4.52. The number of rotatable bonds is 7. The highest BCUT2D eigenvalue weighted by atomic mass is 32.2. The fourth-order valence-corrected chi connectivity index (χ4v) is 5.02. The molecule has 0 fully saturated rings. The number of fused-ring (bicyclic) bond motifs is 1. The van der Waals surface area contributed by atoms with Crippen molar-refractivity contribution in [2.75, 3.05) is 11.5 Å². The van der Waals surface area contributed by atoms with Crippen LogP contribution in [0.4, 0.5) is 18.9 Å². The van der Waals surface area contributed by atoms with E-state index in [1.165, 1.54) is 34.9 Å². The van der Waals surface area contributed by atoms with Crippen molar-refractivity contribution in [3.8, 4) is 5.75 Å². The molecule has 0 bridgehead atoms. The Morgan fingerprint density at radius 2 is 1.68 bits per heavy atom. The van der Waals surface area contributed by atoms with Crippen molar-refractivity contribution < 1.29 is 32.6 Å². The van der Waals surface area contributed by atoms with Crippen LogP contribution in [0.15, 0.2) is 77.7 Å². The number of carboxylic acids is 1. The molecule has 3 aromatic rings. The van der Waals surface area contributed by atoms with Crippen LogP contribution in [-0.4, -0.2) is 28.8 Å². The van der Waals surface area contributed by atoms with Crippen molar-refractivity contribution in [3.05, 3.63) is 89.5 Å². The minimum absolute atomic E-state index is 0.0312. The Morgan fingerprint density at radius 3 is 2.38 bits per heavy atom. The van der Waals surface area contributed by atoms with E-state index in [2.05, 4.69) is 0 Å². The van der Waals surface area contributed by atoms with Crippen LogP contribution in [0.3, 0.4) is 0 Å². The second-order valence-corrected chi connectivity index (χ2v) is 8.93. The quantitative estimate of drug-likeness (QED) is 0.482. The second kappa shape index (κ2) is 9.80. The lowest BCUT2D eigenvalue weighted by Crippen LogP contribution is -2.41. The first kappa shape index (κ1) is 23.7. The fourth-order valence-electron chi connectivity index (χ4n) is 3.75. The zero-order valence-electron chi connectivity index (χ0n) is 17.8. The third-order valence-electron chi connectivity index (χ3n) is 5.32. The van der Waals surface area contributed by atoms with Crippen LogP contribution in [0.5, 0.6) is 5.75 Å². The normalized spacial score (nSPS) is 15.7. The number of carboxylic acid groups (broad SMARTS) is 1. The molecule has 0 saturated heterocycles. The maximum atomic E-state index is 13.5. The van der Waals surface area contributed by atoms with Gasteiger partial charge in [-0.05, 0) is 47.9 Å². The summed E-state index contributed by atoms with van der Waals surface area (Å²) in [6, 6.07) is 19.2.